The summed E-state index contributed by atoms with van der Waals surface area (Å²) in [5, 5.41) is 29.3. The van der Waals surface area contributed by atoms with E-state index in [-0.39, 0.29) is 35.7 Å². The Morgan fingerprint density at radius 3 is 2.68 bits per heavy atom. The number of nitrogens with zero attached hydrogens (tertiary/aromatic N) is 2. The van der Waals surface area contributed by atoms with Gasteiger partial charge in [-0.25, -0.2) is 4.79 Å². The second-order valence-electron chi connectivity index (χ2n) is 4.38. The van der Waals surface area contributed by atoms with Crippen LogP contribution in [-0.2, 0) is 9.59 Å². The molecule has 0 fully saturated rings. The summed E-state index contributed by atoms with van der Waals surface area (Å²) in [6, 6.07) is 5.72. The van der Waals surface area contributed by atoms with Crippen molar-refractivity contribution in [2.75, 3.05) is 18.5 Å². The molecule has 0 radical (unpaired) electrons. The molecule has 0 atom stereocenters. The summed E-state index contributed by atoms with van der Waals surface area (Å²) in [7, 11) is 0. The third-order valence-corrected chi connectivity index (χ3v) is 2.98. The van der Waals surface area contributed by atoms with Crippen molar-refractivity contribution in [3.05, 3.63) is 41.1 Å². The average Bonchev–Trinajstić information content (AvgIpc) is 2.75. The van der Waals surface area contributed by atoms with Crippen LogP contribution in [0.1, 0.15) is 15.9 Å². The largest absolute Gasteiger partial charge is 0.478 e. The number of carbonyl (C=O) groups is 3. The lowest BCUT2D eigenvalue weighted by Gasteiger charge is -2.14. The van der Waals surface area contributed by atoms with Gasteiger partial charge in [0, 0.05) is 6.08 Å². The molecule has 0 spiro atoms. The zero-order valence-electron chi connectivity index (χ0n) is 11.2. The molecule has 1 aromatic carbocycles. The van der Waals surface area contributed by atoms with Gasteiger partial charge in [-0.1, -0.05) is 0 Å². The Balaban J connectivity index is 2.31. The predicted octanol–water partition coefficient (Wildman–Crippen LogP) is -0.0866. The van der Waals surface area contributed by atoms with Crippen LogP contribution in [0.3, 0.4) is 0 Å². The third-order valence-electron chi connectivity index (χ3n) is 2.98. The van der Waals surface area contributed by atoms with Crippen LogP contribution in [0.5, 0.6) is 0 Å². The lowest BCUT2D eigenvalue weighted by Crippen LogP contribution is -2.34. The zero-order chi connectivity index (χ0) is 16.3. The quantitative estimate of drug-likeness (QED) is 0.648. The van der Waals surface area contributed by atoms with Gasteiger partial charge < -0.3 is 15.5 Å². The van der Waals surface area contributed by atoms with Gasteiger partial charge >= 0.3 is 5.97 Å². The number of benzene rings is 1. The molecule has 0 aromatic heterocycles. The SMILES string of the molecule is N#Cc1ccc(NC2=CC(=O)N(CCO)C2=O)c(C(=O)O)c1. The highest BCUT2D eigenvalue weighted by atomic mass is 16.4. The van der Waals surface area contributed by atoms with Crippen LogP contribution in [0.2, 0.25) is 0 Å². The average molecular weight is 301 g/mol. The number of β-amino-alcohol motifs (C(OH)–C–C–N with tert-alkyl or cyclic N) is 1. The fraction of sp³-hybridized carbons (Fsp3) is 0.143. The summed E-state index contributed by atoms with van der Waals surface area (Å²) in [5.74, 6) is -2.52. The van der Waals surface area contributed by atoms with Crippen LogP contribution >= 0.6 is 0 Å². The molecule has 1 aliphatic heterocycles. The molecule has 0 bridgehead atoms. The molecule has 2 amide bonds. The van der Waals surface area contributed by atoms with Crippen LogP contribution in [0.4, 0.5) is 5.69 Å². The molecule has 0 aliphatic carbocycles. The number of carboxylic acid groups (broad SMARTS) is 1. The smallest absolute Gasteiger partial charge is 0.337 e. The van der Waals surface area contributed by atoms with E-state index in [1.54, 1.807) is 0 Å². The first-order chi connectivity index (χ1) is 10.5. The van der Waals surface area contributed by atoms with Crippen LogP contribution in [-0.4, -0.2) is 46.0 Å². The normalized spacial score (nSPS) is 13.8. The monoisotopic (exact) mass is 301 g/mol. The van der Waals surface area contributed by atoms with E-state index in [4.69, 9.17) is 15.5 Å². The van der Waals surface area contributed by atoms with Crippen LogP contribution in [0, 0.1) is 11.3 Å². The molecule has 1 heterocycles. The summed E-state index contributed by atoms with van der Waals surface area (Å²) in [6.45, 7) is -0.506. The number of anilines is 1. The Labute approximate surface area is 124 Å². The molecule has 3 N–H and O–H groups in total. The van der Waals surface area contributed by atoms with Gasteiger partial charge in [-0.15, -0.1) is 0 Å². The highest BCUT2D eigenvalue weighted by molar-refractivity contribution is 6.17. The predicted molar refractivity (Wildman–Crippen MR) is 73.6 cm³/mol. The first-order valence-corrected chi connectivity index (χ1v) is 6.20. The number of carbonyl (C=O) groups excluding carboxylic acids is 2. The summed E-state index contributed by atoms with van der Waals surface area (Å²) < 4.78 is 0. The lowest BCUT2D eigenvalue weighted by molar-refractivity contribution is -0.137. The molecule has 0 unspecified atom stereocenters. The number of rotatable bonds is 5. The van der Waals surface area contributed by atoms with Gasteiger partial charge in [-0.05, 0) is 18.2 Å². The van der Waals surface area contributed by atoms with E-state index >= 15 is 0 Å². The van der Waals surface area contributed by atoms with Crippen LogP contribution in [0.25, 0.3) is 0 Å². The van der Waals surface area contributed by atoms with Crippen molar-refractivity contribution in [2.24, 2.45) is 0 Å². The molecule has 22 heavy (non-hydrogen) atoms. The Morgan fingerprint density at radius 2 is 2.09 bits per heavy atom. The summed E-state index contributed by atoms with van der Waals surface area (Å²) in [4.78, 5) is 35.6. The Kier molecular flexibility index (Phi) is 4.20. The molecule has 1 aliphatic rings. The zero-order valence-corrected chi connectivity index (χ0v) is 11.2. The van der Waals surface area contributed by atoms with E-state index in [9.17, 15) is 14.4 Å². The van der Waals surface area contributed by atoms with Gasteiger partial charge in [0.25, 0.3) is 11.8 Å². The minimum Gasteiger partial charge on any atom is -0.478 e. The Morgan fingerprint density at radius 1 is 1.36 bits per heavy atom. The van der Waals surface area contributed by atoms with E-state index in [2.05, 4.69) is 5.32 Å². The number of hydrogen-bond acceptors (Lipinski definition) is 6. The molecule has 0 saturated carbocycles. The fourth-order valence-corrected chi connectivity index (χ4v) is 1.95. The van der Waals surface area contributed by atoms with Crippen molar-refractivity contribution in [1.82, 2.24) is 4.90 Å². The Bertz CT molecular complexity index is 732. The van der Waals surface area contributed by atoms with Gasteiger partial charge in [0.05, 0.1) is 36.0 Å². The lowest BCUT2D eigenvalue weighted by atomic mass is 10.1. The minimum absolute atomic E-state index is 0.0877. The van der Waals surface area contributed by atoms with Gasteiger partial charge in [0.2, 0.25) is 0 Å². The second kappa shape index (κ2) is 6.07. The van der Waals surface area contributed by atoms with Crippen molar-refractivity contribution < 1.29 is 24.6 Å². The number of hydrogen-bond donors (Lipinski definition) is 3. The molecule has 8 nitrogen and oxygen atoms in total. The molecule has 1 aromatic rings. The van der Waals surface area contributed by atoms with Crippen molar-refractivity contribution >= 4 is 23.5 Å². The fourth-order valence-electron chi connectivity index (χ4n) is 1.95. The molecular formula is C14H11N3O5. The maximum atomic E-state index is 12.0. The van der Waals surface area contributed by atoms with Gasteiger partial charge in [0.1, 0.15) is 5.70 Å². The standard InChI is InChI=1S/C14H11N3O5/c15-7-8-1-2-10(9(5-8)14(21)22)16-11-6-12(19)17(3-4-18)13(11)20/h1-2,5-6,16,18H,3-4H2,(H,21,22). The highest BCUT2D eigenvalue weighted by Gasteiger charge is 2.31. The molecule has 2 rings (SSSR count). The van der Waals surface area contributed by atoms with Crippen molar-refractivity contribution in [1.29, 1.82) is 5.26 Å². The van der Waals surface area contributed by atoms with Crippen molar-refractivity contribution in [2.45, 2.75) is 0 Å². The number of nitrogens with one attached hydrogen (secondary N) is 1. The summed E-state index contributed by atoms with van der Waals surface area (Å²) >= 11 is 0. The first-order valence-electron chi connectivity index (χ1n) is 6.20. The maximum Gasteiger partial charge on any atom is 0.337 e. The number of carboxylic acids is 1. The molecule has 0 saturated heterocycles. The van der Waals surface area contributed by atoms with Gasteiger partial charge in [-0.2, -0.15) is 5.26 Å². The molecule has 8 heteroatoms. The third kappa shape index (κ3) is 2.79. The van der Waals surface area contributed by atoms with Crippen molar-refractivity contribution in [3.8, 4) is 6.07 Å². The van der Waals surface area contributed by atoms with Crippen molar-refractivity contribution in [3.63, 3.8) is 0 Å². The number of imide groups is 1. The van der Waals surface area contributed by atoms with Gasteiger partial charge in [-0.3, -0.25) is 14.5 Å². The van der Waals surface area contributed by atoms with Crippen LogP contribution in [0.15, 0.2) is 30.0 Å². The summed E-state index contributed by atoms with van der Waals surface area (Å²) in [5.41, 5.74) is -0.0381. The number of amides is 2. The number of nitriles is 1. The first kappa shape index (κ1) is 15.2. The highest BCUT2D eigenvalue weighted by Crippen LogP contribution is 2.22. The summed E-state index contributed by atoms with van der Waals surface area (Å²) in [6.07, 6.45) is 1.03. The molecular weight excluding hydrogens is 290 g/mol. The molecule has 112 valence electrons. The van der Waals surface area contributed by atoms with E-state index in [1.165, 1.54) is 12.1 Å². The van der Waals surface area contributed by atoms with E-state index in [1.807, 2.05) is 6.07 Å². The van der Waals surface area contributed by atoms with E-state index < -0.39 is 17.8 Å². The van der Waals surface area contributed by atoms with Crippen LogP contribution < -0.4 is 5.32 Å². The number of aliphatic hydroxyl groups excluding tert-OH is 1. The maximum absolute atomic E-state index is 12.0. The number of aliphatic hydroxyl groups is 1. The topological polar surface area (TPSA) is 131 Å². The second-order valence-corrected chi connectivity index (χ2v) is 4.38. The van der Waals surface area contributed by atoms with Gasteiger partial charge in [0.15, 0.2) is 0 Å². The minimum atomic E-state index is -1.27. The number of aromatic carboxylic acids is 1. The Hall–Kier alpha value is -3.18. The van der Waals surface area contributed by atoms with E-state index in [0.29, 0.717) is 0 Å². The van der Waals surface area contributed by atoms with E-state index in [0.717, 1.165) is 17.0 Å².